The Hall–Kier alpha value is -7.72. The summed E-state index contributed by atoms with van der Waals surface area (Å²) in [7, 11) is -3.18. The van der Waals surface area contributed by atoms with Crippen LogP contribution in [0.2, 0.25) is 0 Å². The molecule has 11 rings (SSSR count). The molecule has 10 aromatic rings. The Morgan fingerprint density at radius 1 is 0.328 bits per heavy atom. The summed E-state index contributed by atoms with van der Waals surface area (Å²) >= 11 is 0. The third-order valence-corrected chi connectivity index (χ3v) is 18.2. The first-order chi connectivity index (χ1) is 31.5. The van der Waals surface area contributed by atoms with Gasteiger partial charge >= 0.3 is 0 Å². The standard InChI is InChI=1S/C61H48N2Si/c1-61(2)56-37-18-17-36-54(56)55-44-49(41-42-57(55)61)63(47-27-9-4-10-28-47)59-38-19-20-40-60(59)64(50-30-11-5-12-31-50,51-32-13-6-14-33-51)52-34-22-29-48(43-52)62(46-25-7-3-8-26-46)58-39-21-24-45-23-15-16-35-53(45)58/h3-44H,1-2H3. The van der Waals surface area contributed by atoms with Crippen LogP contribution in [0.5, 0.6) is 0 Å². The summed E-state index contributed by atoms with van der Waals surface area (Å²) in [6, 6.07) is 94.4. The highest BCUT2D eigenvalue weighted by Crippen LogP contribution is 2.50. The van der Waals surface area contributed by atoms with Crippen LogP contribution >= 0.6 is 0 Å². The van der Waals surface area contributed by atoms with E-state index in [0.29, 0.717) is 0 Å². The Balaban J connectivity index is 1.20. The van der Waals surface area contributed by atoms with Crippen LogP contribution in [0, 0.1) is 0 Å². The van der Waals surface area contributed by atoms with Crippen molar-refractivity contribution in [1.29, 1.82) is 0 Å². The highest BCUT2D eigenvalue weighted by Gasteiger charge is 2.44. The second-order valence-electron chi connectivity index (χ2n) is 17.3. The van der Waals surface area contributed by atoms with Crippen LogP contribution in [0.25, 0.3) is 21.9 Å². The van der Waals surface area contributed by atoms with Crippen molar-refractivity contribution >= 4 is 73.7 Å². The fraction of sp³-hybridized carbons (Fsp3) is 0.0492. The minimum absolute atomic E-state index is 0.0900. The van der Waals surface area contributed by atoms with Gasteiger partial charge in [0.2, 0.25) is 0 Å². The van der Waals surface area contributed by atoms with Crippen LogP contribution in [0.15, 0.2) is 255 Å². The second-order valence-corrected chi connectivity index (χ2v) is 21.1. The third-order valence-electron chi connectivity index (χ3n) is 13.4. The molecule has 10 aromatic carbocycles. The Kier molecular flexibility index (Phi) is 9.91. The van der Waals surface area contributed by atoms with E-state index in [-0.39, 0.29) is 5.41 Å². The van der Waals surface area contributed by atoms with E-state index in [0.717, 1.165) is 34.1 Å². The summed E-state index contributed by atoms with van der Waals surface area (Å²) in [5.41, 5.74) is 12.0. The van der Waals surface area contributed by atoms with Gasteiger partial charge in [0.1, 0.15) is 0 Å². The molecule has 2 nitrogen and oxygen atoms in total. The van der Waals surface area contributed by atoms with E-state index in [1.54, 1.807) is 0 Å². The molecule has 0 saturated heterocycles. The molecule has 1 aliphatic carbocycles. The number of hydrogen-bond acceptors (Lipinski definition) is 2. The van der Waals surface area contributed by atoms with Crippen molar-refractivity contribution in [3.05, 3.63) is 266 Å². The van der Waals surface area contributed by atoms with Crippen molar-refractivity contribution in [2.75, 3.05) is 9.80 Å². The zero-order valence-corrected chi connectivity index (χ0v) is 37.1. The molecular weight excluding hydrogens is 789 g/mol. The van der Waals surface area contributed by atoms with E-state index >= 15 is 0 Å². The molecule has 0 radical (unpaired) electrons. The number of benzene rings is 10. The summed E-state index contributed by atoms with van der Waals surface area (Å²) in [4.78, 5) is 4.94. The summed E-state index contributed by atoms with van der Waals surface area (Å²) in [6.07, 6.45) is 0. The third kappa shape index (κ3) is 6.47. The van der Waals surface area contributed by atoms with Gasteiger partial charge in [-0.15, -0.1) is 0 Å². The predicted octanol–water partition coefficient (Wildman–Crippen LogP) is 13.5. The number of anilines is 6. The maximum Gasteiger partial charge on any atom is 0.181 e. The van der Waals surface area contributed by atoms with Crippen molar-refractivity contribution in [1.82, 2.24) is 0 Å². The lowest BCUT2D eigenvalue weighted by Crippen LogP contribution is -2.75. The average Bonchev–Trinajstić information content (AvgIpc) is 3.59. The normalized spacial score (nSPS) is 12.7. The lowest BCUT2D eigenvalue weighted by atomic mass is 9.82. The van der Waals surface area contributed by atoms with Crippen molar-refractivity contribution in [2.24, 2.45) is 0 Å². The molecule has 0 N–H and O–H groups in total. The van der Waals surface area contributed by atoms with E-state index in [1.807, 2.05) is 0 Å². The van der Waals surface area contributed by atoms with Crippen molar-refractivity contribution in [2.45, 2.75) is 19.3 Å². The molecule has 64 heavy (non-hydrogen) atoms. The Bertz CT molecular complexity index is 3210. The first-order valence-corrected chi connectivity index (χ1v) is 24.3. The second kappa shape index (κ2) is 16.2. The Morgan fingerprint density at radius 3 is 1.50 bits per heavy atom. The first-order valence-electron chi connectivity index (χ1n) is 22.3. The van der Waals surface area contributed by atoms with E-state index in [2.05, 4.69) is 278 Å². The van der Waals surface area contributed by atoms with Crippen LogP contribution in [-0.2, 0) is 5.41 Å². The van der Waals surface area contributed by atoms with E-state index < -0.39 is 8.07 Å². The molecule has 3 heteroatoms. The van der Waals surface area contributed by atoms with Crippen LogP contribution in [0.3, 0.4) is 0 Å². The van der Waals surface area contributed by atoms with Gasteiger partial charge in [-0.1, -0.05) is 208 Å². The molecule has 0 amide bonds. The fourth-order valence-corrected chi connectivity index (χ4v) is 15.4. The van der Waals surface area contributed by atoms with Crippen molar-refractivity contribution in [3.8, 4) is 11.1 Å². The zero-order valence-electron chi connectivity index (χ0n) is 36.1. The number of nitrogens with zero attached hydrogens (tertiary/aromatic N) is 2. The summed E-state index contributed by atoms with van der Waals surface area (Å²) in [5.74, 6) is 0. The molecular formula is C61H48N2Si. The van der Waals surface area contributed by atoms with E-state index in [1.165, 1.54) is 53.8 Å². The molecule has 0 unspecified atom stereocenters. The first kappa shape index (κ1) is 39.1. The van der Waals surface area contributed by atoms with Gasteiger partial charge in [0.05, 0.1) is 5.69 Å². The molecule has 0 spiro atoms. The van der Waals surface area contributed by atoms with Crippen LogP contribution in [-0.4, -0.2) is 8.07 Å². The average molecular weight is 837 g/mol. The number of para-hydroxylation sites is 3. The van der Waals surface area contributed by atoms with Gasteiger partial charge in [0.25, 0.3) is 0 Å². The highest BCUT2D eigenvalue weighted by molar-refractivity contribution is 7.20. The fourth-order valence-electron chi connectivity index (χ4n) is 10.5. The monoisotopic (exact) mass is 836 g/mol. The quantitative estimate of drug-likeness (QED) is 0.100. The Labute approximate surface area is 378 Å². The number of fused-ring (bicyclic) bond motifs is 4. The highest BCUT2D eigenvalue weighted by atomic mass is 28.3. The van der Waals surface area contributed by atoms with Crippen molar-refractivity contribution in [3.63, 3.8) is 0 Å². The van der Waals surface area contributed by atoms with E-state index in [9.17, 15) is 0 Å². The molecule has 0 bridgehead atoms. The maximum atomic E-state index is 2.51. The lowest BCUT2D eigenvalue weighted by molar-refractivity contribution is 0.660. The molecule has 0 saturated carbocycles. The van der Waals surface area contributed by atoms with Gasteiger partial charge in [-0.3, -0.25) is 0 Å². The molecule has 306 valence electrons. The van der Waals surface area contributed by atoms with Gasteiger partial charge in [-0.05, 0) is 109 Å². The maximum absolute atomic E-state index is 3.18. The number of rotatable bonds is 10. The van der Waals surface area contributed by atoms with Crippen LogP contribution in [0.1, 0.15) is 25.0 Å². The van der Waals surface area contributed by atoms with Gasteiger partial charge in [-0.2, -0.15) is 0 Å². The summed E-state index contributed by atoms with van der Waals surface area (Å²) < 4.78 is 0. The minimum Gasteiger partial charge on any atom is -0.311 e. The molecule has 0 aromatic heterocycles. The van der Waals surface area contributed by atoms with Gasteiger partial charge in [0, 0.05) is 39.2 Å². The minimum atomic E-state index is -3.18. The summed E-state index contributed by atoms with van der Waals surface area (Å²) in [6.45, 7) is 4.71. The Morgan fingerprint density at radius 2 is 0.797 bits per heavy atom. The van der Waals surface area contributed by atoms with Gasteiger partial charge in [0.15, 0.2) is 8.07 Å². The van der Waals surface area contributed by atoms with Crippen LogP contribution in [0.4, 0.5) is 34.1 Å². The topological polar surface area (TPSA) is 6.48 Å². The van der Waals surface area contributed by atoms with Gasteiger partial charge < -0.3 is 9.80 Å². The lowest BCUT2D eigenvalue weighted by Gasteiger charge is -2.39. The van der Waals surface area contributed by atoms with Crippen LogP contribution < -0.4 is 30.5 Å². The predicted molar refractivity (Wildman–Crippen MR) is 274 cm³/mol. The largest absolute Gasteiger partial charge is 0.311 e. The van der Waals surface area contributed by atoms with Gasteiger partial charge in [-0.25, -0.2) is 0 Å². The summed E-state index contributed by atoms with van der Waals surface area (Å²) in [5, 5.41) is 7.67. The molecule has 0 fully saturated rings. The smallest absolute Gasteiger partial charge is 0.181 e. The molecule has 1 aliphatic rings. The molecule has 0 atom stereocenters. The molecule has 0 heterocycles. The van der Waals surface area contributed by atoms with E-state index in [4.69, 9.17) is 0 Å². The molecule has 0 aliphatic heterocycles. The SMILES string of the molecule is CC1(C)c2ccccc2-c2cc(N(c3ccccc3)c3ccccc3[Si](c3ccccc3)(c3ccccc3)c3cccc(N(c4ccccc4)c4cccc5ccccc45)c3)ccc21. The number of hydrogen-bond donors (Lipinski definition) is 0. The van der Waals surface area contributed by atoms with Crippen molar-refractivity contribution < 1.29 is 0 Å². The zero-order chi connectivity index (χ0) is 43.1.